The van der Waals surface area contributed by atoms with Gasteiger partial charge in [0.15, 0.2) is 0 Å². The van der Waals surface area contributed by atoms with Crippen LogP contribution in [-0.2, 0) is 22.6 Å². The molecule has 2 rings (SSSR count). The van der Waals surface area contributed by atoms with Crippen LogP contribution in [0, 0.1) is 0 Å². The van der Waals surface area contributed by atoms with Gasteiger partial charge in [0.2, 0.25) is 0 Å². The average molecular weight is 316 g/mol. The van der Waals surface area contributed by atoms with Crippen molar-refractivity contribution >= 4 is 40.5 Å². The summed E-state index contributed by atoms with van der Waals surface area (Å²) in [4.78, 5) is 16.6. The molecule has 0 saturated heterocycles. The molecule has 0 spiro atoms. The Hall–Kier alpha value is -1.10. The van der Waals surface area contributed by atoms with Crippen molar-refractivity contribution in [2.45, 2.75) is 19.4 Å². The van der Waals surface area contributed by atoms with Gasteiger partial charge < -0.3 is 4.74 Å². The normalized spacial score (nSPS) is 10.4. The van der Waals surface area contributed by atoms with Gasteiger partial charge in [0.05, 0.1) is 10.8 Å². The smallest absolute Gasteiger partial charge is 0.306 e. The maximum absolute atomic E-state index is 11.6. The van der Waals surface area contributed by atoms with Crippen molar-refractivity contribution in [2.75, 3.05) is 0 Å². The number of halogens is 2. The molecule has 2 aromatic rings. The number of carbonyl (C=O) groups excluding carboxylic acids is 1. The molecule has 6 heteroatoms. The summed E-state index contributed by atoms with van der Waals surface area (Å²) < 4.78 is 5.88. The number of rotatable bonds is 5. The van der Waals surface area contributed by atoms with Crippen molar-refractivity contribution in [3.63, 3.8) is 0 Å². The summed E-state index contributed by atoms with van der Waals surface area (Å²) in [7, 11) is 0. The molecule has 0 atom stereocenters. The number of ether oxygens (including phenoxy) is 1. The van der Waals surface area contributed by atoms with Gasteiger partial charge >= 0.3 is 5.97 Å². The molecular formula is C13H11Cl2NO2S. The van der Waals surface area contributed by atoms with Crippen LogP contribution in [0.5, 0.6) is 0 Å². The molecule has 0 fully saturated rings. The minimum Gasteiger partial charge on any atom is -0.461 e. The van der Waals surface area contributed by atoms with Gasteiger partial charge in [0.1, 0.15) is 11.8 Å². The Kier molecular flexibility index (Phi) is 5.19. The van der Waals surface area contributed by atoms with E-state index in [-0.39, 0.29) is 12.6 Å². The SMILES string of the molecule is O=C(CCc1ccc(Cl)s1)OCc1ccc(Cl)nc1. The summed E-state index contributed by atoms with van der Waals surface area (Å²) in [6, 6.07) is 7.19. The molecule has 0 aliphatic heterocycles. The molecule has 19 heavy (non-hydrogen) atoms. The quantitative estimate of drug-likeness (QED) is 0.615. The second-order valence-electron chi connectivity index (χ2n) is 3.86. The topological polar surface area (TPSA) is 39.2 Å². The van der Waals surface area contributed by atoms with Crippen LogP contribution in [0.4, 0.5) is 0 Å². The monoisotopic (exact) mass is 315 g/mol. The van der Waals surface area contributed by atoms with Crippen molar-refractivity contribution in [3.8, 4) is 0 Å². The van der Waals surface area contributed by atoms with Gasteiger partial charge in [-0.15, -0.1) is 11.3 Å². The molecule has 100 valence electrons. The van der Waals surface area contributed by atoms with E-state index in [1.807, 2.05) is 12.1 Å². The lowest BCUT2D eigenvalue weighted by Crippen LogP contribution is -2.05. The van der Waals surface area contributed by atoms with Crippen molar-refractivity contribution in [2.24, 2.45) is 0 Å². The molecule has 0 saturated carbocycles. The summed E-state index contributed by atoms with van der Waals surface area (Å²) >= 11 is 13.0. The highest BCUT2D eigenvalue weighted by Crippen LogP contribution is 2.22. The summed E-state index contributed by atoms with van der Waals surface area (Å²) in [5.41, 5.74) is 0.817. The van der Waals surface area contributed by atoms with Gasteiger partial charge in [-0.3, -0.25) is 4.79 Å². The third-order valence-electron chi connectivity index (χ3n) is 2.39. The van der Waals surface area contributed by atoms with Crippen LogP contribution in [0.1, 0.15) is 16.9 Å². The van der Waals surface area contributed by atoms with E-state index < -0.39 is 0 Å². The molecule has 2 aromatic heterocycles. The fraction of sp³-hybridized carbons (Fsp3) is 0.231. The molecule has 0 amide bonds. The third-order valence-corrected chi connectivity index (χ3v) is 3.91. The van der Waals surface area contributed by atoms with Gasteiger partial charge in [-0.1, -0.05) is 29.3 Å². The minimum absolute atomic E-state index is 0.216. The first-order chi connectivity index (χ1) is 9.13. The number of aromatic nitrogens is 1. The summed E-state index contributed by atoms with van der Waals surface area (Å²) in [6.45, 7) is 0.216. The van der Waals surface area contributed by atoms with Crippen LogP contribution in [0.25, 0.3) is 0 Å². The van der Waals surface area contributed by atoms with Crippen molar-refractivity contribution in [1.82, 2.24) is 4.98 Å². The van der Waals surface area contributed by atoms with Crippen LogP contribution in [0.3, 0.4) is 0 Å². The molecule has 0 radical (unpaired) electrons. The van der Waals surface area contributed by atoms with E-state index in [1.54, 1.807) is 18.3 Å². The number of pyridine rings is 1. The Morgan fingerprint density at radius 2 is 2.11 bits per heavy atom. The average Bonchev–Trinajstić information content (AvgIpc) is 2.81. The molecule has 0 bridgehead atoms. The maximum atomic E-state index is 11.6. The van der Waals surface area contributed by atoms with Crippen LogP contribution < -0.4 is 0 Å². The first-order valence-electron chi connectivity index (χ1n) is 5.64. The summed E-state index contributed by atoms with van der Waals surface area (Å²) in [6.07, 6.45) is 2.58. The number of carbonyl (C=O) groups is 1. The zero-order valence-corrected chi connectivity index (χ0v) is 12.3. The summed E-state index contributed by atoms with van der Waals surface area (Å²) in [5.74, 6) is -0.237. The number of esters is 1. The molecule has 0 N–H and O–H groups in total. The first kappa shape index (κ1) is 14.3. The highest BCUT2D eigenvalue weighted by Gasteiger charge is 2.06. The maximum Gasteiger partial charge on any atom is 0.306 e. The Bertz CT molecular complexity index is 554. The van der Waals surface area contributed by atoms with Gasteiger partial charge in [-0.2, -0.15) is 0 Å². The van der Waals surface area contributed by atoms with Crippen molar-refractivity contribution in [3.05, 3.63) is 50.4 Å². The standard InChI is InChI=1S/C13H11Cl2NO2S/c14-11-4-1-9(7-16-11)8-18-13(17)6-3-10-2-5-12(15)19-10/h1-2,4-5,7H,3,6,8H2. The highest BCUT2D eigenvalue weighted by molar-refractivity contribution is 7.16. The predicted molar refractivity (Wildman–Crippen MR) is 76.7 cm³/mol. The van der Waals surface area contributed by atoms with E-state index >= 15 is 0 Å². The van der Waals surface area contributed by atoms with E-state index in [2.05, 4.69) is 4.98 Å². The van der Waals surface area contributed by atoms with E-state index in [4.69, 9.17) is 27.9 Å². The number of aryl methyl sites for hydroxylation is 1. The number of nitrogens with zero attached hydrogens (tertiary/aromatic N) is 1. The lowest BCUT2D eigenvalue weighted by molar-refractivity contribution is -0.144. The Balaban J connectivity index is 1.74. The second kappa shape index (κ2) is 6.89. The Labute approximate surface area is 125 Å². The second-order valence-corrected chi connectivity index (χ2v) is 6.04. The fourth-order valence-corrected chi connectivity index (χ4v) is 2.64. The van der Waals surface area contributed by atoms with Crippen LogP contribution in [-0.4, -0.2) is 11.0 Å². The highest BCUT2D eigenvalue weighted by atomic mass is 35.5. The molecule has 0 aliphatic carbocycles. The molecule has 0 aliphatic rings. The van der Waals surface area contributed by atoms with Gasteiger partial charge in [0, 0.05) is 16.6 Å². The van der Waals surface area contributed by atoms with Crippen LogP contribution in [0.15, 0.2) is 30.5 Å². The molecular weight excluding hydrogens is 305 g/mol. The molecule has 0 aromatic carbocycles. The van der Waals surface area contributed by atoms with E-state index in [0.717, 1.165) is 14.8 Å². The van der Waals surface area contributed by atoms with Gasteiger partial charge in [-0.05, 0) is 24.6 Å². The van der Waals surface area contributed by atoms with E-state index in [9.17, 15) is 4.79 Å². The molecule has 0 unspecified atom stereocenters. The van der Waals surface area contributed by atoms with Crippen LogP contribution in [0.2, 0.25) is 9.49 Å². The summed E-state index contributed by atoms with van der Waals surface area (Å²) in [5, 5.41) is 0.421. The number of thiophene rings is 1. The molecule has 3 nitrogen and oxygen atoms in total. The number of hydrogen-bond acceptors (Lipinski definition) is 4. The van der Waals surface area contributed by atoms with Gasteiger partial charge in [-0.25, -0.2) is 4.98 Å². The fourth-order valence-electron chi connectivity index (χ4n) is 1.44. The van der Waals surface area contributed by atoms with Crippen LogP contribution >= 0.6 is 34.5 Å². The zero-order chi connectivity index (χ0) is 13.7. The first-order valence-corrected chi connectivity index (χ1v) is 7.21. The Morgan fingerprint density at radius 1 is 1.26 bits per heavy atom. The largest absolute Gasteiger partial charge is 0.461 e. The van der Waals surface area contributed by atoms with Crippen molar-refractivity contribution < 1.29 is 9.53 Å². The lowest BCUT2D eigenvalue weighted by Gasteiger charge is -2.04. The Morgan fingerprint density at radius 3 is 2.74 bits per heavy atom. The minimum atomic E-state index is -0.237. The predicted octanol–water partition coefficient (Wildman–Crippen LogP) is 4.13. The van der Waals surface area contributed by atoms with Gasteiger partial charge in [0.25, 0.3) is 0 Å². The number of hydrogen-bond donors (Lipinski definition) is 0. The zero-order valence-electron chi connectivity index (χ0n) is 9.94. The van der Waals surface area contributed by atoms with Crippen molar-refractivity contribution in [1.29, 1.82) is 0 Å². The lowest BCUT2D eigenvalue weighted by atomic mass is 10.2. The van der Waals surface area contributed by atoms with E-state index in [0.29, 0.717) is 18.0 Å². The third kappa shape index (κ3) is 4.82. The van der Waals surface area contributed by atoms with E-state index in [1.165, 1.54) is 11.3 Å². The molecule has 2 heterocycles.